The summed E-state index contributed by atoms with van der Waals surface area (Å²) in [6.45, 7) is 6.93. The molecule has 1 aliphatic carbocycles. The van der Waals surface area contributed by atoms with Gasteiger partial charge < -0.3 is 9.47 Å². The third-order valence-electron chi connectivity index (χ3n) is 4.22. The van der Waals surface area contributed by atoms with Crippen molar-refractivity contribution in [1.82, 2.24) is 0 Å². The van der Waals surface area contributed by atoms with Crippen molar-refractivity contribution in [3.05, 3.63) is 82.4 Å². The summed E-state index contributed by atoms with van der Waals surface area (Å²) in [5.74, 6) is -0.715. The monoisotopic (exact) mass is 336 g/mol. The van der Waals surface area contributed by atoms with Crippen LogP contribution in [0.3, 0.4) is 0 Å². The molecule has 4 heteroatoms. The topological polar surface area (TPSA) is 52.6 Å². The van der Waals surface area contributed by atoms with Gasteiger partial charge in [-0.1, -0.05) is 49.0 Å². The van der Waals surface area contributed by atoms with E-state index in [2.05, 4.69) is 6.58 Å². The van der Waals surface area contributed by atoms with Crippen LogP contribution in [0.2, 0.25) is 0 Å². The summed E-state index contributed by atoms with van der Waals surface area (Å²) in [7, 11) is 0. The lowest BCUT2D eigenvalue weighted by molar-refractivity contribution is -0.143. The minimum Gasteiger partial charge on any atom is -0.461 e. The van der Waals surface area contributed by atoms with E-state index in [1.165, 1.54) is 6.92 Å². The molecule has 2 aromatic carbocycles. The van der Waals surface area contributed by atoms with Gasteiger partial charge in [-0.15, -0.1) is 0 Å². The summed E-state index contributed by atoms with van der Waals surface area (Å²) in [6, 6.07) is 13.8. The lowest BCUT2D eigenvalue weighted by Crippen LogP contribution is -2.20. The molecule has 0 bridgehead atoms. The average molecular weight is 336 g/mol. The van der Waals surface area contributed by atoms with Crippen molar-refractivity contribution in [3.63, 3.8) is 0 Å². The Hall–Kier alpha value is -2.88. The maximum absolute atomic E-state index is 12.1. The van der Waals surface area contributed by atoms with Crippen LogP contribution in [0, 0.1) is 0 Å². The Morgan fingerprint density at radius 1 is 1.08 bits per heavy atom. The Kier molecular flexibility index (Phi) is 4.70. The van der Waals surface area contributed by atoms with Gasteiger partial charge in [-0.3, -0.25) is 4.79 Å². The average Bonchev–Trinajstić information content (AvgIpc) is 2.59. The van der Waals surface area contributed by atoms with Crippen LogP contribution < -0.4 is 0 Å². The first kappa shape index (κ1) is 17.0. The predicted octanol–water partition coefficient (Wildman–Crippen LogP) is 3.86. The van der Waals surface area contributed by atoms with Gasteiger partial charge in [-0.25, -0.2) is 4.79 Å². The zero-order valence-corrected chi connectivity index (χ0v) is 14.4. The van der Waals surface area contributed by atoms with Crippen LogP contribution in [-0.2, 0) is 32.1 Å². The van der Waals surface area contributed by atoms with Crippen molar-refractivity contribution in [2.24, 2.45) is 0 Å². The van der Waals surface area contributed by atoms with E-state index in [1.807, 2.05) is 42.5 Å². The van der Waals surface area contributed by atoms with E-state index in [-0.39, 0.29) is 12.6 Å². The minimum atomic E-state index is -0.452. The lowest BCUT2D eigenvalue weighted by atomic mass is 9.83. The molecule has 0 saturated heterocycles. The highest BCUT2D eigenvalue weighted by Crippen LogP contribution is 2.38. The standard InChI is InChI=1S/C21H20O4/c1-13(2)21(23)25-20-18-7-5-4-6-16(18)11-17-10-15(8-9-19(17)20)12-24-14(3)22/h4-10,20H,1,11-12H2,2-3H3. The maximum Gasteiger partial charge on any atom is 0.334 e. The molecular formula is C21H20O4. The highest BCUT2D eigenvalue weighted by atomic mass is 16.5. The molecular weight excluding hydrogens is 316 g/mol. The third kappa shape index (κ3) is 3.63. The number of fused-ring (bicyclic) bond motifs is 2. The molecule has 128 valence electrons. The second-order valence-electron chi connectivity index (χ2n) is 6.25. The molecule has 0 heterocycles. The SMILES string of the molecule is C=C(C)C(=O)OC1c2ccccc2Cc2cc(COC(C)=O)ccc21. The molecule has 0 saturated carbocycles. The molecule has 25 heavy (non-hydrogen) atoms. The number of hydrogen-bond acceptors (Lipinski definition) is 4. The zero-order valence-electron chi connectivity index (χ0n) is 14.4. The fraction of sp³-hybridized carbons (Fsp3) is 0.238. The van der Waals surface area contributed by atoms with Crippen LogP contribution in [0.15, 0.2) is 54.6 Å². The fourth-order valence-corrected chi connectivity index (χ4v) is 3.00. The van der Waals surface area contributed by atoms with Crippen molar-refractivity contribution in [2.45, 2.75) is 33.0 Å². The van der Waals surface area contributed by atoms with Crippen molar-refractivity contribution < 1.29 is 19.1 Å². The molecule has 0 radical (unpaired) electrons. The summed E-state index contributed by atoms with van der Waals surface area (Å²) in [5.41, 5.74) is 5.44. The Bertz CT molecular complexity index is 851. The first-order valence-electron chi connectivity index (χ1n) is 8.15. The van der Waals surface area contributed by atoms with Crippen LogP contribution in [0.4, 0.5) is 0 Å². The van der Waals surface area contributed by atoms with Gasteiger partial charge in [0.1, 0.15) is 6.61 Å². The van der Waals surface area contributed by atoms with E-state index in [0.717, 1.165) is 34.2 Å². The van der Waals surface area contributed by atoms with E-state index in [1.54, 1.807) is 6.92 Å². The Morgan fingerprint density at radius 3 is 2.52 bits per heavy atom. The number of ether oxygens (including phenoxy) is 2. The van der Waals surface area contributed by atoms with Gasteiger partial charge in [0.15, 0.2) is 6.10 Å². The van der Waals surface area contributed by atoms with E-state index in [4.69, 9.17) is 9.47 Å². The van der Waals surface area contributed by atoms with Gasteiger partial charge in [0.2, 0.25) is 0 Å². The van der Waals surface area contributed by atoms with E-state index < -0.39 is 12.1 Å². The quantitative estimate of drug-likeness (QED) is 0.628. The minimum absolute atomic E-state index is 0.237. The summed E-state index contributed by atoms with van der Waals surface area (Å²) >= 11 is 0. The largest absolute Gasteiger partial charge is 0.461 e. The number of esters is 2. The van der Waals surface area contributed by atoms with Gasteiger partial charge in [-0.05, 0) is 30.0 Å². The number of benzene rings is 2. The van der Waals surface area contributed by atoms with Crippen molar-refractivity contribution in [3.8, 4) is 0 Å². The number of hydrogen-bond donors (Lipinski definition) is 0. The van der Waals surface area contributed by atoms with E-state index in [0.29, 0.717) is 5.57 Å². The molecule has 3 rings (SSSR count). The molecule has 0 aromatic heterocycles. The van der Waals surface area contributed by atoms with Gasteiger partial charge in [0.05, 0.1) is 0 Å². The normalized spacial score (nSPS) is 14.9. The summed E-state index contributed by atoms with van der Waals surface area (Å²) in [5, 5.41) is 0. The first-order valence-corrected chi connectivity index (χ1v) is 8.15. The fourth-order valence-electron chi connectivity index (χ4n) is 3.00. The van der Waals surface area contributed by atoms with E-state index >= 15 is 0 Å². The van der Waals surface area contributed by atoms with Crippen LogP contribution in [-0.4, -0.2) is 11.9 Å². The Labute approximate surface area is 147 Å². The predicted molar refractivity (Wildman–Crippen MR) is 93.9 cm³/mol. The Balaban J connectivity index is 1.98. The molecule has 0 N–H and O–H groups in total. The molecule has 1 unspecified atom stereocenters. The van der Waals surface area contributed by atoms with Gasteiger partial charge >= 0.3 is 11.9 Å². The third-order valence-corrected chi connectivity index (χ3v) is 4.22. The summed E-state index contributed by atoms with van der Waals surface area (Å²) in [6.07, 6.45) is 0.299. The molecule has 2 aromatic rings. The van der Waals surface area contributed by atoms with Gasteiger partial charge in [-0.2, -0.15) is 0 Å². The second kappa shape index (κ2) is 6.93. The number of carbonyl (C=O) groups excluding carboxylic acids is 2. The molecule has 1 atom stereocenters. The van der Waals surface area contributed by atoms with Crippen molar-refractivity contribution in [2.75, 3.05) is 0 Å². The first-order chi connectivity index (χ1) is 12.0. The maximum atomic E-state index is 12.1. The highest BCUT2D eigenvalue weighted by Gasteiger charge is 2.28. The summed E-state index contributed by atoms with van der Waals surface area (Å²) < 4.78 is 10.8. The molecule has 0 aliphatic heterocycles. The zero-order chi connectivity index (χ0) is 18.0. The molecule has 0 fully saturated rings. The van der Waals surface area contributed by atoms with Crippen molar-refractivity contribution in [1.29, 1.82) is 0 Å². The smallest absolute Gasteiger partial charge is 0.334 e. The van der Waals surface area contributed by atoms with Crippen molar-refractivity contribution >= 4 is 11.9 Å². The number of rotatable bonds is 4. The Morgan fingerprint density at radius 2 is 1.80 bits per heavy atom. The van der Waals surface area contributed by atoms with Gasteiger partial charge in [0.25, 0.3) is 0 Å². The molecule has 1 aliphatic rings. The highest BCUT2D eigenvalue weighted by molar-refractivity contribution is 5.87. The van der Waals surface area contributed by atoms with Crippen LogP contribution >= 0.6 is 0 Å². The molecule has 0 spiro atoms. The summed E-state index contributed by atoms with van der Waals surface area (Å²) in [4.78, 5) is 23.1. The lowest BCUT2D eigenvalue weighted by Gasteiger charge is -2.28. The van der Waals surface area contributed by atoms with Crippen LogP contribution in [0.25, 0.3) is 0 Å². The second-order valence-corrected chi connectivity index (χ2v) is 6.25. The van der Waals surface area contributed by atoms with E-state index in [9.17, 15) is 9.59 Å². The molecule has 0 amide bonds. The van der Waals surface area contributed by atoms with Crippen LogP contribution in [0.1, 0.15) is 47.8 Å². The number of carbonyl (C=O) groups is 2. The van der Waals surface area contributed by atoms with Crippen LogP contribution in [0.5, 0.6) is 0 Å². The molecule has 4 nitrogen and oxygen atoms in total. The van der Waals surface area contributed by atoms with Gasteiger partial charge in [0, 0.05) is 23.6 Å².